The Balaban J connectivity index is 2.44. The smallest absolute Gasteiger partial charge is 0.338 e. The second-order valence-electron chi connectivity index (χ2n) is 5.88. The van der Waals surface area contributed by atoms with Gasteiger partial charge in [0.05, 0.1) is 18.2 Å². The number of ether oxygens (including phenoxy) is 1. The molecule has 0 fully saturated rings. The largest absolute Gasteiger partial charge is 0.463 e. The third-order valence-electron chi connectivity index (χ3n) is 3.89. The number of benzene rings is 1. The third-order valence-corrected chi connectivity index (χ3v) is 4.11. The fourth-order valence-electron chi connectivity index (χ4n) is 2.73. The number of anilines is 1. The lowest BCUT2D eigenvalue weighted by molar-refractivity contribution is -0.139. The Labute approximate surface area is 149 Å². The van der Waals surface area contributed by atoms with Gasteiger partial charge in [-0.2, -0.15) is 0 Å². The number of allylic oxidation sites excluding steroid dienone is 1. The minimum absolute atomic E-state index is 0.296. The number of carbonyl (C=O) groups is 1. The highest BCUT2D eigenvalue weighted by atomic mass is 32.1. The zero-order valence-corrected chi connectivity index (χ0v) is 15.5. The molecule has 5 nitrogen and oxygen atoms in total. The molecular formula is C18H25N3O2S. The number of rotatable bonds is 6. The van der Waals surface area contributed by atoms with E-state index in [1.807, 2.05) is 50.2 Å². The molecule has 6 heteroatoms. The monoisotopic (exact) mass is 347 g/mol. The van der Waals surface area contributed by atoms with Gasteiger partial charge in [0.2, 0.25) is 0 Å². The molecule has 1 heterocycles. The molecule has 2 N–H and O–H groups in total. The van der Waals surface area contributed by atoms with Gasteiger partial charge in [-0.15, -0.1) is 0 Å². The summed E-state index contributed by atoms with van der Waals surface area (Å²) in [6, 6.07) is 7.80. The summed E-state index contributed by atoms with van der Waals surface area (Å²) < 4.78 is 5.28. The zero-order valence-electron chi connectivity index (χ0n) is 14.7. The van der Waals surface area contributed by atoms with Crippen LogP contribution in [0, 0.1) is 0 Å². The van der Waals surface area contributed by atoms with Crippen LogP contribution in [0.4, 0.5) is 5.69 Å². The highest BCUT2D eigenvalue weighted by Gasteiger charge is 2.31. The first-order valence-corrected chi connectivity index (χ1v) is 8.63. The summed E-state index contributed by atoms with van der Waals surface area (Å²) in [4.78, 5) is 14.6. The zero-order chi connectivity index (χ0) is 17.7. The number of hydrogen-bond acceptors (Lipinski definition) is 4. The summed E-state index contributed by atoms with van der Waals surface area (Å²) in [5.74, 6) is -0.301. The van der Waals surface area contributed by atoms with Crippen molar-refractivity contribution >= 4 is 29.0 Å². The first-order chi connectivity index (χ1) is 11.5. The van der Waals surface area contributed by atoms with Gasteiger partial charge in [0, 0.05) is 25.5 Å². The van der Waals surface area contributed by atoms with Crippen LogP contribution in [0.15, 0.2) is 35.5 Å². The van der Waals surface area contributed by atoms with Crippen LogP contribution in [-0.4, -0.2) is 31.8 Å². The van der Waals surface area contributed by atoms with Gasteiger partial charge >= 0.3 is 5.97 Å². The van der Waals surface area contributed by atoms with E-state index in [0.29, 0.717) is 17.3 Å². The minimum Gasteiger partial charge on any atom is -0.463 e. The minimum atomic E-state index is -0.301. The number of carbonyl (C=O) groups excluding carboxylic acids is 1. The maximum Gasteiger partial charge on any atom is 0.338 e. The maximum atomic E-state index is 12.5. The van der Waals surface area contributed by atoms with Gasteiger partial charge in [0.15, 0.2) is 5.11 Å². The van der Waals surface area contributed by atoms with Gasteiger partial charge < -0.3 is 20.3 Å². The molecule has 0 radical (unpaired) electrons. The van der Waals surface area contributed by atoms with Crippen LogP contribution in [0.25, 0.3) is 0 Å². The predicted molar refractivity (Wildman–Crippen MR) is 101 cm³/mol. The molecule has 0 aromatic heterocycles. The lowest BCUT2D eigenvalue weighted by atomic mass is 9.93. The van der Waals surface area contributed by atoms with Crippen molar-refractivity contribution in [1.82, 2.24) is 10.6 Å². The van der Waals surface area contributed by atoms with E-state index in [-0.39, 0.29) is 12.0 Å². The van der Waals surface area contributed by atoms with Crippen LogP contribution < -0.4 is 15.5 Å². The normalized spacial score (nSPS) is 17.2. The van der Waals surface area contributed by atoms with Gasteiger partial charge in [-0.3, -0.25) is 0 Å². The fourth-order valence-corrected chi connectivity index (χ4v) is 2.97. The van der Waals surface area contributed by atoms with Crippen molar-refractivity contribution in [2.45, 2.75) is 32.7 Å². The summed E-state index contributed by atoms with van der Waals surface area (Å²) in [7, 11) is 3.99. The molecule has 2 rings (SSSR count). The molecule has 1 aromatic carbocycles. The van der Waals surface area contributed by atoms with Crippen molar-refractivity contribution in [2.24, 2.45) is 0 Å². The Morgan fingerprint density at radius 1 is 1.25 bits per heavy atom. The molecule has 0 amide bonds. The Morgan fingerprint density at radius 2 is 1.92 bits per heavy atom. The van der Waals surface area contributed by atoms with E-state index in [9.17, 15) is 4.79 Å². The van der Waals surface area contributed by atoms with Crippen molar-refractivity contribution < 1.29 is 9.53 Å². The molecular weight excluding hydrogens is 322 g/mol. The molecule has 0 aliphatic carbocycles. The standard InChI is InChI=1S/C18H25N3O2S/c1-5-7-14-15(17(22)23-6-2)16(20-18(24)19-14)12-8-10-13(11-9-12)21(3)4/h8-11,16H,5-7H2,1-4H3,(H2,19,20,24)/t16-/m1/s1. The number of thiocarbonyl (C=S) groups is 1. The number of hydrogen-bond donors (Lipinski definition) is 2. The van der Waals surface area contributed by atoms with Crippen LogP contribution in [0.3, 0.4) is 0 Å². The lowest BCUT2D eigenvalue weighted by Gasteiger charge is -2.31. The molecule has 0 unspecified atom stereocenters. The van der Waals surface area contributed by atoms with Crippen LogP contribution in [0.1, 0.15) is 38.3 Å². The number of nitrogens with one attached hydrogen (secondary N) is 2. The Kier molecular flexibility index (Phi) is 6.20. The van der Waals surface area contributed by atoms with Gasteiger partial charge in [-0.05, 0) is 43.3 Å². The van der Waals surface area contributed by atoms with E-state index in [1.165, 1.54) is 0 Å². The Hall–Kier alpha value is -2.08. The second-order valence-corrected chi connectivity index (χ2v) is 6.29. The Bertz CT molecular complexity index is 638. The van der Waals surface area contributed by atoms with E-state index in [4.69, 9.17) is 17.0 Å². The third kappa shape index (κ3) is 4.06. The molecule has 0 saturated carbocycles. The summed E-state index contributed by atoms with van der Waals surface area (Å²) in [5, 5.41) is 6.87. The lowest BCUT2D eigenvalue weighted by Crippen LogP contribution is -2.45. The summed E-state index contributed by atoms with van der Waals surface area (Å²) in [6.07, 6.45) is 1.67. The SMILES string of the molecule is CCCC1=C(C(=O)OCC)[C@@H](c2ccc(N(C)C)cc2)NC(=S)N1. The number of esters is 1. The van der Waals surface area contributed by atoms with E-state index >= 15 is 0 Å². The van der Waals surface area contributed by atoms with Crippen LogP contribution in [0.5, 0.6) is 0 Å². The maximum absolute atomic E-state index is 12.5. The van der Waals surface area contributed by atoms with E-state index in [2.05, 4.69) is 17.6 Å². The average molecular weight is 347 g/mol. The van der Waals surface area contributed by atoms with E-state index in [1.54, 1.807) is 0 Å². The fraction of sp³-hybridized carbons (Fsp3) is 0.444. The van der Waals surface area contributed by atoms with Crippen LogP contribution >= 0.6 is 12.2 Å². The van der Waals surface area contributed by atoms with Gasteiger partial charge in [0.25, 0.3) is 0 Å². The molecule has 0 saturated heterocycles. The van der Waals surface area contributed by atoms with Crippen molar-refractivity contribution in [2.75, 3.05) is 25.6 Å². The first kappa shape index (κ1) is 18.3. The number of nitrogens with zero attached hydrogens (tertiary/aromatic N) is 1. The van der Waals surface area contributed by atoms with Crippen LogP contribution in [-0.2, 0) is 9.53 Å². The van der Waals surface area contributed by atoms with Crippen LogP contribution in [0.2, 0.25) is 0 Å². The van der Waals surface area contributed by atoms with Crippen molar-refractivity contribution in [3.8, 4) is 0 Å². The molecule has 1 aliphatic heterocycles. The van der Waals surface area contributed by atoms with Gasteiger partial charge in [-0.25, -0.2) is 4.79 Å². The van der Waals surface area contributed by atoms with Crippen molar-refractivity contribution in [3.63, 3.8) is 0 Å². The summed E-state index contributed by atoms with van der Waals surface area (Å²) in [6.45, 7) is 4.23. The summed E-state index contributed by atoms with van der Waals surface area (Å²) >= 11 is 5.33. The first-order valence-electron chi connectivity index (χ1n) is 8.22. The van der Waals surface area contributed by atoms with Crippen molar-refractivity contribution in [3.05, 3.63) is 41.1 Å². The quantitative estimate of drug-likeness (QED) is 0.610. The molecule has 1 aromatic rings. The molecule has 1 aliphatic rings. The van der Waals surface area contributed by atoms with Gasteiger partial charge in [-0.1, -0.05) is 25.5 Å². The average Bonchev–Trinajstić information content (AvgIpc) is 2.55. The molecule has 24 heavy (non-hydrogen) atoms. The highest BCUT2D eigenvalue weighted by molar-refractivity contribution is 7.80. The van der Waals surface area contributed by atoms with Crippen molar-refractivity contribution in [1.29, 1.82) is 0 Å². The topological polar surface area (TPSA) is 53.6 Å². The van der Waals surface area contributed by atoms with E-state index in [0.717, 1.165) is 29.8 Å². The Morgan fingerprint density at radius 3 is 2.46 bits per heavy atom. The molecule has 1 atom stereocenters. The molecule has 0 bridgehead atoms. The van der Waals surface area contributed by atoms with E-state index < -0.39 is 0 Å². The van der Waals surface area contributed by atoms with Gasteiger partial charge in [0.1, 0.15) is 0 Å². The molecule has 0 spiro atoms. The molecule has 130 valence electrons. The highest BCUT2D eigenvalue weighted by Crippen LogP contribution is 2.30. The second kappa shape index (κ2) is 8.15. The summed E-state index contributed by atoms with van der Waals surface area (Å²) in [5.41, 5.74) is 3.55. The predicted octanol–water partition coefficient (Wildman–Crippen LogP) is 2.89.